The van der Waals surface area contributed by atoms with Gasteiger partial charge in [0.25, 0.3) is 0 Å². The number of allylic oxidation sites excluding steroid dienone is 2. The highest BCUT2D eigenvalue weighted by atomic mass is 16.3. The average Bonchev–Trinajstić information content (AvgIpc) is 3.08. The SMILES string of the molecule is CC[C@H](/C=C/[C@@H](C)[C@H]1CC[C@H]2[C@@H]3CC(O)C4(O)C[C@@H](O)CC[C@]4(C)[C@H]3CC[C@]12C)C(C)C. The molecule has 3 nitrogen and oxygen atoms in total. The lowest BCUT2D eigenvalue weighted by atomic mass is 9.42. The van der Waals surface area contributed by atoms with Crippen LogP contribution in [0.15, 0.2) is 12.2 Å². The molecule has 0 bridgehead atoms. The minimum absolute atomic E-state index is 0.273. The molecule has 4 aliphatic carbocycles. The van der Waals surface area contributed by atoms with Gasteiger partial charge in [-0.05, 0) is 98.2 Å². The summed E-state index contributed by atoms with van der Waals surface area (Å²) in [6, 6.07) is 0. The van der Waals surface area contributed by atoms with E-state index in [2.05, 4.69) is 53.7 Å². The Balaban J connectivity index is 1.56. The maximum atomic E-state index is 11.6. The van der Waals surface area contributed by atoms with E-state index >= 15 is 0 Å². The quantitative estimate of drug-likeness (QED) is 0.456. The van der Waals surface area contributed by atoms with Gasteiger partial charge in [0.2, 0.25) is 0 Å². The summed E-state index contributed by atoms with van der Waals surface area (Å²) in [6.45, 7) is 14.2. The Hall–Kier alpha value is -0.380. The molecule has 11 atom stereocenters. The first-order valence-electron chi connectivity index (χ1n) is 13.7. The van der Waals surface area contributed by atoms with E-state index in [1.807, 2.05) is 0 Å². The van der Waals surface area contributed by atoms with Gasteiger partial charge in [0.05, 0.1) is 17.8 Å². The Morgan fingerprint density at radius 3 is 2.31 bits per heavy atom. The van der Waals surface area contributed by atoms with Crippen LogP contribution in [0.4, 0.5) is 0 Å². The largest absolute Gasteiger partial charge is 0.393 e. The molecule has 4 fully saturated rings. The fourth-order valence-electron chi connectivity index (χ4n) is 9.45. The van der Waals surface area contributed by atoms with Crippen LogP contribution in [0.2, 0.25) is 0 Å². The third-order valence-corrected chi connectivity index (χ3v) is 11.5. The zero-order valence-electron chi connectivity index (χ0n) is 21.6. The van der Waals surface area contributed by atoms with Gasteiger partial charge in [0.15, 0.2) is 0 Å². The molecular weight excluding hydrogens is 396 g/mol. The Bertz CT molecular complexity index is 703. The van der Waals surface area contributed by atoms with Crippen molar-refractivity contribution in [2.45, 2.75) is 117 Å². The number of hydrogen-bond acceptors (Lipinski definition) is 3. The highest BCUT2D eigenvalue weighted by molar-refractivity contribution is 5.17. The van der Waals surface area contributed by atoms with Crippen LogP contribution in [0.3, 0.4) is 0 Å². The zero-order chi connectivity index (χ0) is 23.5. The summed E-state index contributed by atoms with van der Waals surface area (Å²) >= 11 is 0. The van der Waals surface area contributed by atoms with Crippen LogP contribution in [0, 0.1) is 52.3 Å². The van der Waals surface area contributed by atoms with E-state index in [4.69, 9.17) is 0 Å². The van der Waals surface area contributed by atoms with Crippen molar-refractivity contribution in [2.24, 2.45) is 52.3 Å². The van der Waals surface area contributed by atoms with Crippen LogP contribution in [0.1, 0.15) is 99.3 Å². The molecule has 0 saturated heterocycles. The molecule has 0 amide bonds. The van der Waals surface area contributed by atoms with Crippen LogP contribution in [-0.4, -0.2) is 33.1 Å². The van der Waals surface area contributed by atoms with Crippen molar-refractivity contribution in [1.29, 1.82) is 0 Å². The summed E-state index contributed by atoms with van der Waals surface area (Å²) < 4.78 is 0. The van der Waals surface area contributed by atoms with Crippen LogP contribution in [0.5, 0.6) is 0 Å². The molecule has 4 aliphatic rings. The van der Waals surface area contributed by atoms with Crippen LogP contribution in [-0.2, 0) is 0 Å². The van der Waals surface area contributed by atoms with Gasteiger partial charge in [-0.2, -0.15) is 0 Å². The topological polar surface area (TPSA) is 60.7 Å². The van der Waals surface area contributed by atoms with Gasteiger partial charge in [-0.1, -0.05) is 53.7 Å². The molecule has 3 N–H and O–H groups in total. The molecule has 0 aliphatic heterocycles. The number of fused-ring (bicyclic) bond motifs is 5. The monoisotopic (exact) mass is 446 g/mol. The van der Waals surface area contributed by atoms with Gasteiger partial charge in [0.1, 0.15) is 0 Å². The van der Waals surface area contributed by atoms with Crippen LogP contribution in [0.25, 0.3) is 0 Å². The second-order valence-electron chi connectivity index (χ2n) is 13.2. The number of aliphatic hydroxyl groups excluding tert-OH is 2. The molecule has 0 aromatic rings. The smallest absolute Gasteiger partial charge is 0.0985 e. The lowest BCUT2D eigenvalue weighted by Gasteiger charge is -2.65. The van der Waals surface area contributed by atoms with Crippen LogP contribution >= 0.6 is 0 Å². The lowest BCUT2D eigenvalue weighted by Crippen LogP contribution is -2.68. The third-order valence-electron chi connectivity index (χ3n) is 11.5. The second kappa shape index (κ2) is 8.68. The number of aliphatic hydroxyl groups is 3. The van der Waals surface area contributed by atoms with Gasteiger partial charge in [-0.25, -0.2) is 0 Å². The van der Waals surface area contributed by atoms with Crippen molar-refractivity contribution in [3.63, 3.8) is 0 Å². The fourth-order valence-corrected chi connectivity index (χ4v) is 9.45. The molecular formula is C29H50O3. The second-order valence-corrected chi connectivity index (χ2v) is 13.2. The van der Waals surface area contributed by atoms with Crippen molar-refractivity contribution >= 4 is 0 Å². The molecule has 32 heavy (non-hydrogen) atoms. The van der Waals surface area contributed by atoms with E-state index in [0.717, 1.165) is 19.3 Å². The summed E-state index contributed by atoms with van der Waals surface area (Å²) in [5.41, 5.74) is -1.06. The van der Waals surface area contributed by atoms with E-state index in [-0.39, 0.29) is 5.41 Å². The number of rotatable bonds is 5. The van der Waals surface area contributed by atoms with E-state index < -0.39 is 17.8 Å². The van der Waals surface area contributed by atoms with E-state index in [1.165, 1.54) is 25.7 Å². The average molecular weight is 447 g/mol. The molecule has 0 spiro atoms. The predicted octanol–water partition coefficient (Wildman–Crippen LogP) is 5.97. The minimum atomic E-state index is -1.13. The molecule has 4 rings (SSSR count). The number of hydrogen-bond donors (Lipinski definition) is 3. The van der Waals surface area contributed by atoms with Gasteiger partial charge in [-0.3, -0.25) is 0 Å². The van der Waals surface area contributed by atoms with Gasteiger partial charge >= 0.3 is 0 Å². The maximum Gasteiger partial charge on any atom is 0.0985 e. The maximum absolute atomic E-state index is 11.6. The normalized spacial score (nSPS) is 50.7. The van der Waals surface area contributed by atoms with Gasteiger partial charge in [-0.15, -0.1) is 0 Å². The highest BCUT2D eigenvalue weighted by Gasteiger charge is 2.67. The molecule has 0 radical (unpaired) electrons. The van der Waals surface area contributed by atoms with Crippen molar-refractivity contribution < 1.29 is 15.3 Å². The Labute approximate surface area is 197 Å². The Morgan fingerprint density at radius 2 is 1.66 bits per heavy atom. The third kappa shape index (κ3) is 3.64. The fraction of sp³-hybridized carbons (Fsp3) is 0.931. The van der Waals surface area contributed by atoms with Gasteiger partial charge < -0.3 is 15.3 Å². The predicted molar refractivity (Wildman–Crippen MR) is 131 cm³/mol. The zero-order valence-corrected chi connectivity index (χ0v) is 21.6. The molecule has 184 valence electrons. The van der Waals surface area contributed by atoms with E-state index in [9.17, 15) is 15.3 Å². The first-order chi connectivity index (χ1) is 15.0. The van der Waals surface area contributed by atoms with Crippen molar-refractivity contribution in [3.05, 3.63) is 12.2 Å². The van der Waals surface area contributed by atoms with Crippen molar-refractivity contribution in [1.82, 2.24) is 0 Å². The first kappa shape index (κ1) is 24.7. The summed E-state index contributed by atoms with van der Waals surface area (Å²) in [6.07, 6.45) is 12.7. The van der Waals surface area contributed by atoms with Gasteiger partial charge in [0, 0.05) is 11.8 Å². The van der Waals surface area contributed by atoms with Crippen molar-refractivity contribution in [2.75, 3.05) is 0 Å². The summed E-state index contributed by atoms with van der Waals surface area (Å²) in [7, 11) is 0. The summed E-state index contributed by atoms with van der Waals surface area (Å²) in [4.78, 5) is 0. The molecule has 0 heterocycles. The standard InChI is InChI=1S/C29H50O3/c1-7-20(18(2)3)9-8-19(4)23-10-11-24-22-16-26(31)29(32)17-21(30)12-15-28(29,6)25(22)13-14-27(23,24)5/h8-9,18-26,30-32H,7,10-17H2,1-6H3/b9-8+/t19-,20-,21+,22+,23-,24+,25+,26?,27-,28-,29?/m1/s1. The van der Waals surface area contributed by atoms with E-state index in [0.29, 0.717) is 59.7 Å². The van der Waals surface area contributed by atoms with Crippen molar-refractivity contribution in [3.8, 4) is 0 Å². The Morgan fingerprint density at radius 1 is 0.938 bits per heavy atom. The van der Waals surface area contributed by atoms with Crippen LogP contribution < -0.4 is 0 Å². The molecule has 2 unspecified atom stereocenters. The minimum Gasteiger partial charge on any atom is -0.393 e. The highest BCUT2D eigenvalue weighted by Crippen LogP contribution is 2.69. The molecule has 4 saturated carbocycles. The molecule has 0 aromatic carbocycles. The van der Waals surface area contributed by atoms with E-state index in [1.54, 1.807) is 0 Å². The Kier molecular flexibility index (Phi) is 6.71. The lowest BCUT2D eigenvalue weighted by molar-refractivity contribution is -0.264. The summed E-state index contributed by atoms with van der Waals surface area (Å²) in [5, 5.41) is 33.2. The first-order valence-corrected chi connectivity index (χ1v) is 13.7. The summed E-state index contributed by atoms with van der Waals surface area (Å²) in [5.74, 6) is 4.31. The molecule has 0 aromatic heterocycles. The molecule has 3 heteroatoms.